The second-order valence-corrected chi connectivity index (χ2v) is 14.4. The van der Waals surface area contributed by atoms with E-state index in [1.807, 2.05) is 0 Å². The zero-order valence-electron chi connectivity index (χ0n) is 29.2. The Morgan fingerprint density at radius 1 is 1.09 bits per heavy atom. The van der Waals surface area contributed by atoms with Crippen LogP contribution in [0.15, 0.2) is 42.5 Å². The maximum absolute atomic E-state index is 15.4. The van der Waals surface area contributed by atoms with Crippen LogP contribution in [0.4, 0.5) is 37.0 Å². The van der Waals surface area contributed by atoms with Crippen LogP contribution in [0.3, 0.4) is 0 Å². The van der Waals surface area contributed by atoms with Gasteiger partial charge in [-0.2, -0.15) is 19.0 Å². The molecule has 3 atom stereocenters. The summed E-state index contributed by atoms with van der Waals surface area (Å²) in [6.45, 7) is 1.99. The topological polar surface area (TPSA) is 153 Å². The number of hydrogen-bond acceptors (Lipinski definition) is 6. The molecule has 2 aromatic carbocycles. The van der Waals surface area contributed by atoms with Gasteiger partial charge in [-0.15, -0.1) is 0 Å². The zero-order chi connectivity index (χ0) is 39.7. The van der Waals surface area contributed by atoms with Gasteiger partial charge in [0.25, 0.3) is 12.3 Å². The van der Waals surface area contributed by atoms with Crippen molar-refractivity contribution >= 4 is 40.3 Å². The third-order valence-electron chi connectivity index (χ3n) is 9.38. The van der Waals surface area contributed by atoms with Crippen molar-refractivity contribution in [2.45, 2.75) is 63.1 Å². The molecule has 3 amide bonds. The van der Waals surface area contributed by atoms with Crippen LogP contribution in [0.25, 0.3) is 22.0 Å². The Balaban J connectivity index is 1.38. The van der Waals surface area contributed by atoms with Crippen molar-refractivity contribution < 1.29 is 41.0 Å². The van der Waals surface area contributed by atoms with Gasteiger partial charge in [-0.3, -0.25) is 19.5 Å². The first-order valence-corrected chi connectivity index (χ1v) is 17.2. The summed E-state index contributed by atoms with van der Waals surface area (Å²) >= 11 is 6.57. The summed E-state index contributed by atoms with van der Waals surface area (Å²) in [4.78, 5) is 30.4. The predicted octanol–water partition coefficient (Wildman–Crippen LogP) is 6.62. The van der Waals surface area contributed by atoms with Crippen LogP contribution < -0.4 is 16.4 Å². The van der Waals surface area contributed by atoms with Gasteiger partial charge >= 0.3 is 6.03 Å². The van der Waals surface area contributed by atoms with E-state index in [4.69, 9.17) is 22.3 Å². The number of nitrogens with zero attached hydrogens (tertiary/aromatic N) is 5. The van der Waals surface area contributed by atoms with Gasteiger partial charge in [-0.25, -0.2) is 27.3 Å². The van der Waals surface area contributed by atoms with E-state index in [1.54, 1.807) is 19.2 Å². The smallest absolute Gasteiger partial charge is 0.317 e. The van der Waals surface area contributed by atoms with E-state index in [1.165, 1.54) is 30.7 Å². The fourth-order valence-corrected chi connectivity index (χ4v) is 7.43. The lowest BCUT2D eigenvalue weighted by Gasteiger charge is -2.23. The lowest BCUT2D eigenvalue weighted by Crippen LogP contribution is -2.35. The van der Waals surface area contributed by atoms with Gasteiger partial charge < -0.3 is 16.2 Å². The van der Waals surface area contributed by atoms with E-state index in [2.05, 4.69) is 32.7 Å². The minimum absolute atomic E-state index is 0.0275. The third-order valence-corrected chi connectivity index (χ3v) is 9.69. The quantitative estimate of drug-likeness (QED) is 0.0974. The van der Waals surface area contributed by atoms with E-state index >= 15 is 8.78 Å². The van der Waals surface area contributed by atoms with Gasteiger partial charge in [-0.1, -0.05) is 23.6 Å². The number of nitrogens with one attached hydrogen (secondary N) is 2. The molecule has 0 saturated heterocycles. The summed E-state index contributed by atoms with van der Waals surface area (Å²) in [6, 6.07) is 6.74. The second-order valence-electron chi connectivity index (χ2n) is 14.0. The molecule has 2 aliphatic rings. The Hall–Kier alpha value is -5.60. The Morgan fingerprint density at radius 3 is 2.44 bits per heavy atom. The molecule has 0 radical (unpaired) electrons. The van der Waals surface area contributed by atoms with E-state index in [0.717, 1.165) is 12.1 Å². The monoisotopic (exact) mass is 784 g/mol. The van der Waals surface area contributed by atoms with Crippen molar-refractivity contribution in [2.24, 2.45) is 18.7 Å². The number of pyridine rings is 1. The number of amides is 3. The number of benzene rings is 2. The highest BCUT2D eigenvalue weighted by molar-refractivity contribution is 6.37. The summed E-state index contributed by atoms with van der Waals surface area (Å²) in [5.41, 5.74) is 3.39. The molecule has 2 aliphatic carbocycles. The Morgan fingerprint density at radius 2 is 1.78 bits per heavy atom. The predicted molar refractivity (Wildman–Crippen MR) is 188 cm³/mol. The Kier molecular flexibility index (Phi) is 9.33. The van der Waals surface area contributed by atoms with Gasteiger partial charge in [0, 0.05) is 35.7 Å². The number of urea groups is 1. The molecule has 7 rings (SSSR count). The summed E-state index contributed by atoms with van der Waals surface area (Å²) < 4.78 is 89.7. The van der Waals surface area contributed by atoms with Gasteiger partial charge in [0.05, 0.1) is 27.7 Å². The molecule has 5 aromatic rings. The molecule has 55 heavy (non-hydrogen) atoms. The number of carbonyl (C=O) groups excluding carboxylic acids is 2. The molecule has 286 valence electrons. The molecule has 5 N–H and O–H groups in total. The molecule has 0 spiro atoms. The number of carbonyl (C=O) groups is 2. The summed E-state index contributed by atoms with van der Waals surface area (Å²) in [5, 5.41) is 24.0. The summed E-state index contributed by atoms with van der Waals surface area (Å²) in [5.74, 6) is -2.80. The summed E-state index contributed by atoms with van der Waals surface area (Å²) in [7, 11) is 1.56. The fourth-order valence-electron chi connectivity index (χ4n) is 7.19. The second kappa shape index (κ2) is 13.6. The highest BCUT2D eigenvalue weighted by Gasteiger charge is 2.67. The van der Waals surface area contributed by atoms with Crippen molar-refractivity contribution in [1.82, 2.24) is 29.9 Å². The molecule has 3 aromatic heterocycles. The fraction of sp³-hybridized carbons (Fsp3) is 0.324. The summed E-state index contributed by atoms with van der Waals surface area (Å²) in [6.07, 6.45) is -3.45. The maximum Gasteiger partial charge on any atom is 0.317 e. The molecule has 3 heterocycles. The number of halogens is 7. The average Bonchev–Trinajstić information content (AvgIpc) is 3.62. The third kappa shape index (κ3) is 7.19. The lowest BCUT2D eigenvalue weighted by molar-refractivity contribution is -0.123. The van der Waals surface area contributed by atoms with Crippen molar-refractivity contribution in [2.75, 3.05) is 5.32 Å². The molecule has 1 unspecified atom stereocenters. The number of rotatable bonds is 9. The lowest BCUT2D eigenvalue weighted by atomic mass is 9.93. The van der Waals surface area contributed by atoms with Gasteiger partial charge in [0.1, 0.15) is 40.9 Å². The van der Waals surface area contributed by atoms with Gasteiger partial charge in [-0.05, 0) is 74.4 Å². The van der Waals surface area contributed by atoms with Crippen molar-refractivity contribution in [3.05, 3.63) is 93.0 Å². The van der Waals surface area contributed by atoms with Crippen LogP contribution in [0.5, 0.6) is 0 Å². The highest BCUT2D eigenvalue weighted by atomic mass is 35.5. The number of aryl methyl sites for hydroxylation is 1. The SMILES string of the molecule is Cn1nc(NC(N)=O)c2c(Cl)ccc(-c3ccc(C#CC(C)(C)O)nc3[C@H](Cc3cc(F)cc(F)c3)NC(=O)Cn3nc(C(F)F)c4c3C(F)(F)C3C[C@H]43)c21. The van der Waals surface area contributed by atoms with Crippen LogP contribution in [-0.2, 0) is 30.7 Å². The van der Waals surface area contributed by atoms with Crippen LogP contribution in [-0.4, -0.2) is 47.2 Å². The number of anilines is 1. The van der Waals surface area contributed by atoms with Crippen LogP contribution >= 0.6 is 11.6 Å². The highest BCUT2D eigenvalue weighted by Crippen LogP contribution is 2.68. The molecule has 0 bridgehead atoms. The van der Waals surface area contributed by atoms with Gasteiger partial charge in [0.15, 0.2) is 5.82 Å². The minimum Gasteiger partial charge on any atom is -0.378 e. The van der Waals surface area contributed by atoms with Crippen LogP contribution in [0, 0.1) is 29.4 Å². The number of hydrogen-bond donors (Lipinski definition) is 4. The molecule has 0 aliphatic heterocycles. The molecule has 1 fully saturated rings. The first-order valence-electron chi connectivity index (χ1n) is 16.8. The average molecular weight is 785 g/mol. The molecular formula is C37H31ClF6N8O3. The molecule has 18 heteroatoms. The number of nitrogens with two attached hydrogens (primary N) is 1. The van der Waals surface area contributed by atoms with Crippen LogP contribution in [0.1, 0.15) is 72.6 Å². The Bertz CT molecular complexity index is 2450. The van der Waals surface area contributed by atoms with Crippen molar-refractivity contribution in [3.63, 3.8) is 0 Å². The number of fused-ring (bicyclic) bond motifs is 4. The van der Waals surface area contributed by atoms with E-state index in [-0.39, 0.29) is 51.6 Å². The number of alkyl halides is 4. The first-order chi connectivity index (χ1) is 25.8. The number of primary amides is 1. The van der Waals surface area contributed by atoms with E-state index in [0.29, 0.717) is 27.4 Å². The molecular weight excluding hydrogens is 754 g/mol. The molecule has 11 nitrogen and oxygen atoms in total. The first kappa shape index (κ1) is 37.7. The normalized spacial score (nSPS) is 17.4. The minimum atomic E-state index is -3.49. The van der Waals surface area contributed by atoms with Crippen molar-refractivity contribution in [1.29, 1.82) is 0 Å². The van der Waals surface area contributed by atoms with Crippen molar-refractivity contribution in [3.8, 4) is 23.0 Å². The van der Waals surface area contributed by atoms with E-state index in [9.17, 15) is 32.3 Å². The molecule has 1 saturated carbocycles. The maximum atomic E-state index is 15.4. The van der Waals surface area contributed by atoms with Crippen LogP contribution in [0.2, 0.25) is 5.02 Å². The largest absolute Gasteiger partial charge is 0.378 e. The number of aliphatic hydroxyl groups is 1. The van der Waals surface area contributed by atoms with Gasteiger partial charge in [0.2, 0.25) is 5.91 Å². The van der Waals surface area contributed by atoms with E-state index < -0.39 is 77.3 Å². The Labute approximate surface area is 313 Å². The zero-order valence-corrected chi connectivity index (χ0v) is 30.0. The standard InChI is InChI=1S/C37H31ClF6N8O3/c1-36(2,55)9-8-19-4-5-20(21-6-7-24(38)28-31(21)51(3)50-34(28)48-35(45)54)29(46-19)25(12-16-10-17(39)13-18(40)11-16)47-26(53)15-52-32-27(30(49-52)33(41)42)22-14-23(22)37(32,43)44/h4-7,10-11,13,22-23,25,33,55H,12,14-15H2,1-3H3,(H,47,53)(H3,45,48,50,54)/t22-,23?,25-/m0/s1. The number of aromatic nitrogens is 5.